The SMILES string of the molecule is C=C(CC)C[C@H](C)C[C@@H]1CC=CC(CC=CC)O1. The van der Waals surface area contributed by atoms with Gasteiger partial charge in [-0.15, -0.1) is 0 Å². The lowest BCUT2D eigenvalue weighted by molar-refractivity contribution is -0.00424. The van der Waals surface area contributed by atoms with Crippen molar-refractivity contribution < 1.29 is 4.74 Å². The van der Waals surface area contributed by atoms with Gasteiger partial charge < -0.3 is 4.74 Å². The maximum atomic E-state index is 6.11. The van der Waals surface area contributed by atoms with E-state index in [1.807, 2.05) is 0 Å². The molecular formula is C17H28O. The molecule has 0 radical (unpaired) electrons. The molecule has 0 fully saturated rings. The van der Waals surface area contributed by atoms with Crippen LogP contribution >= 0.6 is 0 Å². The van der Waals surface area contributed by atoms with Gasteiger partial charge in [0.1, 0.15) is 0 Å². The molecule has 0 aromatic heterocycles. The van der Waals surface area contributed by atoms with Gasteiger partial charge in [0.25, 0.3) is 0 Å². The summed E-state index contributed by atoms with van der Waals surface area (Å²) in [6, 6.07) is 0. The summed E-state index contributed by atoms with van der Waals surface area (Å²) >= 11 is 0. The quantitative estimate of drug-likeness (QED) is 0.573. The molecule has 0 spiro atoms. The molecule has 1 heterocycles. The molecule has 18 heavy (non-hydrogen) atoms. The molecule has 1 heteroatoms. The molecule has 0 bridgehead atoms. The highest BCUT2D eigenvalue weighted by Gasteiger charge is 2.19. The monoisotopic (exact) mass is 248 g/mol. The van der Waals surface area contributed by atoms with E-state index in [4.69, 9.17) is 4.74 Å². The third-order valence-corrected chi connectivity index (χ3v) is 3.52. The summed E-state index contributed by atoms with van der Waals surface area (Å²) in [6.07, 6.45) is 14.9. The summed E-state index contributed by atoms with van der Waals surface area (Å²) < 4.78 is 6.11. The van der Waals surface area contributed by atoms with E-state index in [0.29, 0.717) is 12.0 Å². The van der Waals surface area contributed by atoms with Gasteiger partial charge in [0.05, 0.1) is 12.2 Å². The molecule has 0 aliphatic carbocycles. The third kappa shape index (κ3) is 5.68. The topological polar surface area (TPSA) is 9.23 Å². The van der Waals surface area contributed by atoms with Crippen LogP contribution in [0.2, 0.25) is 0 Å². The summed E-state index contributed by atoms with van der Waals surface area (Å²) in [5.74, 6) is 0.677. The molecule has 1 aliphatic heterocycles. The smallest absolute Gasteiger partial charge is 0.0794 e. The summed E-state index contributed by atoms with van der Waals surface area (Å²) in [7, 11) is 0. The van der Waals surface area contributed by atoms with Crippen molar-refractivity contribution in [3.05, 3.63) is 36.5 Å². The van der Waals surface area contributed by atoms with Crippen molar-refractivity contribution >= 4 is 0 Å². The molecule has 1 rings (SSSR count). The summed E-state index contributed by atoms with van der Waals surface area (Å²) in [5.41, 5.74) is 1.36. The highest BCUT2D eigenvalue weighted by molar-refractivity contribution is 5.00. The predicted octanol–water partition coefficient (Wildman–Crippen LogP) is 5.05. The lowest BCUT2D eigenvalue weighted by atomic mass is 9.93. The van der Waals surface area contributed by atoms with Crippen LogP contribution in [0.5, 0.6) is 0 Å². The molecule has 1 aliphatic rings. The van der Waals surface area contributed by atoms with Crippen LogP contribution in [0.3, 0.4) is 0 Å². The fourth-order valence-corrected chi connectivity index (χ4v) is 2.46. The molecule has 0 saturated carbocycles. The van der Waals surface area contributed by atoms with Gasteiger partial charge in [-0.05, 0) is 44.9 Å². The van der Waals surface area contributed by atoms with Crippen LogP contribution in [-0.2, 0) is 4.74 Å². The van der Waals surface area contributed by atoms with E-state index in [1.54, 1.807) is 0 Å². The summed E-state index contributed by atoms with van der Waals surface area (Å²) in [6.45, 7) is 10.6. The van der Waals surface area contributed by atoms with Crippen LogP contribution in [0.15, 0.2) is 36.5 Å². The van der Waals surface area contributed by atoms with E-state index in [9.17, 15) is 0 Å². The van der Waals surface area contributed by atoms with Crippen molar-refractivity contribution in [2.45, 2.75) is 65.1 Å². The fourth-order valence-electron chi connectivity index (χ4n) is 2.46. The van der Waals surface area contributed by atoms with Crippen LogP contribution < -0.4 is 0 Å². The number of hydrogen-bond donors (Lipinski definition) is 0. The highest BCUT2D eigenvalue weighted by Crippen LogP contribution is 2.24. The van der Waals surface area contributed by atoms with Crippen molar-refractivity contribution in [2.24, 2.45) is 5.92 Å². The largest absolute Gasteiger partial charge is 0.370 e. The fraction of sp³-hybridized carbons (Fsp3) is 0.647. The third-order valence-electron chi connectivity index (χ3n) is 3.52. The first kappa shape index (κ1) is 15.2. The van der Waals surface area contributed by atoms with Gasteiger partial charge in [0, 0.05) is 0 Å². The Morgan fingerprint density at radius 3 is 3.00 bits per heavy atom. The van der Waals surface area contributed by atoms with Crippen molar-refractivity contribution in [3.63, 3.8) is 0 Å². The molecule has 3 atom stereocenters. The second-order valence-electron chi connectivity index (χ2n) is 5.41. The Hall–Kier alpha value is -0.820. The van der Waals surface area contributed by atoms with Crippen molar-refractivity contribution in [3.8, 4) is 0 Å². The van der Waals surface area contributed by atoms with Crippen LogP contribution in [-0.4, -0.2) is 12.2 Å². The van der Waals surface area contributed by atoms with Gasteiger partial charge in [0.2, 0.25) is 0 Å². The van der Waals surface area contributed by atoms with E-state index < -0.39 is 0 Å². The Kier molecular flexibility index (Phi) is 7.04. The van der Waals surface area contributed by atoms with Crippen molar-refractivity contribution in [1.82, 2.24) is 0 Å². The maximum Gasteiger partial charge on any atom is 0.0794 e. The molecule has 0 amide bonds. The van der Waals surface area contributed by atoms with Gasteiger partial charge in [-0.2, -0.15) is 0 Å². The predicted molar refractivity (Wildman–Crippen MR) is 79.7 cm³/mol. The van der Waals surface area contributed by atoms with Crippen LogP contribution in [0.25, 0.3) is 0 Å². The standard InChI is InChI=1S/C17H28O/c1-5-7-9-16-10-8-11-17(18-16)13-15(4)12-14(3)6-2/h5,7-8,10,15-17H,3,6,9,11-13H2,1-2,4H3/t15-,16?,17-/m0/s1. The maximum absolute atomic E-state index is 6.11. The number of rotatable bonds is 7. The van der Waals surface area contributed by atoms with Crippen LogP contribution in [0.1, 0.15) is 52.9 Å². The lowest BCUT2D eigenvalue weighted by Crippen LogP contribution is -2.25. The van der Waals surface area contributed by atoms with Gasteiger partial charge >= 0.3 is 0 Å². The minimum Gasteiger partial charge on any atom is -0.370 e. The normalized spacial score (nSPS) is 25.5. The van der Waals surface area contributed by atoms with Crippen LogP contribution in [0.4, 0.5) is 0 Å². The highest BCUT2D eigenvalue weighted by atomic mass is 16.5. The second-order valence-corrected chi connectivity index (χ2v) is 5.41. The molecule has 1 unspecified atom stereocenters. The Morgan fingerprint density at radius 1 is 1.56 bits per heavy atom. The first-order valence-corrected chi connectivity index (χ1v) is 7.25. The Labute approximate surface area is 113 Å². The average molecular weight is 248 g/mol. The zero-order chi connectivity index (χ0) is 13.4. The summed E-state index contributed by atoms with van der Waals surface area (Å²) in [4.78, 5) is 0. The number of ether oxygens (including phenoxy) is 1. The number of hydrogen-bond acceptors (Lipinski definition) is 1. The minimum atomic E-state index is 0.279. The second kappa shape index (κ2) is 8.31. The van der Waals surface area contributed by atoms with E-state index in [1.165, 1.54) is 5.57 Å². The molecule has 0 aromatic carbocycles. The Bertz CT molecular complexity index is 301. The minimum absolute atomic E-state index is 0.279. The zero-order valence-corrected chi connectivity index (χ0v) is 12.2. The molecule has 0 N–H and O–H groups in total. The molecule has 0 aromatic rings. The molecular weight excluding hydrogens is 220 g/mol. The van der Waals surface area contributed by atoms with Crippen molar-refractivity contribution in [2.75, 3.05) is 0 Å². The summed E-state index contributed by atoms with van der Waals surface area (Å²) in [5, 5.41) is 0. The molecule has 0 saturated heterocycles. The van der Waals surface area contributed by atoms with Crippen molar-refractivity contribution in [1.29, 1.82) is 0 Å². The zero-order valence-electron chi connectivity index (χ0n) is 12.2. The van der Waals surface area contributed by atoms with E-state index >= 15 is 0 Å². The first-order chi connectivity index (χ1) is 8.65. The lowest BCUT2D eigenvalue weighted by Gasteiger charge is -2.27. The van der Waals surface area contributed by atoms with E-state index in [-0.39, 0.29) is 6.10 Å². The number of allylic oxidation sites excluding steroid dienone is 2. The average Bonchev–Trinajstić information content (AvgIpc) is 2.36. The van der Waals surface area contributed by atoms with Gasteiger partial charge in [-0.25, -0.2) is 0 Å². The van der Waals surface area contributed by atoms with E-state index in [0.717, 1.165) is 32.1 Å². The molecule has 102 valence electrons. The van der Waals surface area contributed by atoms with Gasteiger partial charge in [0.15, 0.2) is 0 Å². The molecule has 1 nitrogen and oxygen atoms in total. The van der Waals surface area contributed by atoms with Gasteiger partial charge in [-0.3, -0.25) is 0 Å². The van der Waals surface area contributed by atoms with Gasteiger partial charge in [-0.1, -0.05) is 50.3 Å². The first-order valence-electron chi connectivity index (χ1n) is 7.25. The Morgan fingerprint density at radius 2 is 2.33 bits per heavy atom. The Balaban J connectivity index is 2.34. The van der Waals surface area contributed by atoms with E-state index in [2.05, 4.69) is 51.7 Å². The van der Waals surface area contributed by atoms with Crippen LogP contribution in [0, 0.1) is 5.92 Å².